The molecule has 0 aliphatic carbocycles. The molecule has 0 saturated heterocycles. The van der Waals surface area contributed by atoms with Crippen LogP contribution in [-0.2, 0) is 17.8 Å². The van der Waals surface area contributed by atoms with Gasteiger partial charge >= 0.3 is 0 Å². The largest absolute Gasteiger partial charge is 0.497 e. The number of methoxy groups -OCH3 is 3. The van der Waals surface area contributed by atoms with E-state index in [4.69, 9.17) is 14.2 Å². The molecule has 2 aromatic carbocycles. The average Bonchev–Trinajstić information content (AvgIpc) is 2.61. The Kier molecular flexibility index (Phi) is 6.07. The van der Waals surface area contributed by atoms with Crippen LogP contribution in [-0.4, -0.2) is 27.2 Å². The van der Waals surface area contributed by atoms with Gasteiger partial charge in [-0.3, -0.25) is 4.79 Å². The highest BCUT2D eigenvalue weighted by Crippen LogP contribution is 2.31. The van der Waals surface area contributed by atoms with Crippen molar-refractivity contribution in [2.45, 2.75) is 19.9 Å². The minimum atomic E-state index is -0.0614. The average molecular weight is 329 g/mol. The molecule has 1 N–H and O–H groups in total. The van der Waals surface area contributed by atoms with Crippen LogP contribution in [0.1, 0.15) is 16.7 Å². The van der Waals surface area contributed by atoms with Crippen molar-refractivity contribution >= 4 is 5.91 Å². The number of amides is 1. The fourth-order valence-electron chi connectivity index (χ4n) is 2.55. The molecule has 0 heterocycles. The lowest BCUT2D eigenvalue weighted by Crippen LogP contribution is -2.24. The van der Waals surface area contributed by atoms with Crippen LogP contribution in [0.3, 0.4) is 0 Å². The second-order valence-corrected chi connectivity index (χ2v) is 5.39. The van der Waals surface area contributed by atoms with Gasteiger partial charge in [0.15, 0.2) is 0 Å². The molecule has 0 spiro atoms. The van der Waals surface area contributed by atoms with E-state index in [0.29, 0.717) is 12.3 Å². The van der Waals surface area contributed by atoms with Gasteiger partial charge in [-0.1, -0.05) is 18.2 Å². The van der Waals surface area contributed by atoms with Gasteiger partial charge in [0, 0.05) is 17.7 Å². The highest BCUT2D eigenvalue weighted by atomic mass is 16.5. The highest BCUT2D eigenvalue weighted by molar-refractivity contribution is 5.79. The molecule has 128 valence electrons. The Labute approximate surface area is 142 Å². The molecule has 24 heavy (non-hydrogen) atoms. The van der Waals surface area contributed by atoms with Crippen molar-refractivity contribution in [2.24, 2.45) is 0 Å². The van der Waals surface area contributed by atoms with E-state index in [-0.39, 0.29) is 12.3 Å². The van der Waals surface area contributed by atoms with Crippen LogP contribution in [0.2, 0.25) is 0 Å². The van der Waals surface area contributed by atoms with Gasteiger partial charge in [-0.25, -0.2) is 0 Å². The van der Waals surface area contributed by atoms with E-state index in [1.807, 2.05) is 43.3 Å². The SMILES string of the molecule is COc1ccc(CNC(=O)Cc2ccc(OC)c(C)c2OC)cc1. The zero-order valence-electron chi connectivity index (χ0n) is 14.5. The van der Waals surface area contributed by atoms with Gasteiger partial charge in [0.1, 0.15) is 17.2 Å². The minimum absolute atomic E-state index is 0.0614. The molecular weight excluding hydrogens is 306 g/mol. The summed E-state index contributed by atoms with van der Waals surface area (Å²) in [7, 11) is 4.84. The second kappa shape index (κ2) is 8.24. The molecule has 0 saturated carbocycles. The second-order valence-electron chi connectivity index (χ2n) is 5.39. The third-order valence-corrected chi connectivity index (χ3v) is 3.86. The van der Waals surface area contributed by atoms with Crippen molar-refractivity contribution in [3.8, 4) is 17.2 Å². The number of rotatable bonds is 7. The normalized spacial score (nSPS) is 10.2. The summed E-state index contributed by atoms with van der Waals surface area (Å²) in [4.78, 5) is 12.2. The smallest absolute Gasteiger partial charge is 0.224 e. The maximum atomic E-state index is 12.2. The molecule has 2 aromatic rings. The molecule has 0 aromatic heterocycles. The summed E-state index contributed by atoms with van der Waals surface area (Å²) in [5.74, 6) is 2.17. The Bertz CT molecular complexity index is 695. The Morgan fingerprint density at radius 2 is 1.67 bits per heavy atom. The van der Waals surface area contributed by atoms with Crippen molar-refractivity contribution in [1.29, 1.82) is 0 Å². The topological polar surface area (TPSA) is 56.8 Å². The first-order chi connectivity index (χ1) is 11.6. The van der Waals surface area contributed by atoms with Gasteiger partial charge in [0.2, 0.25) is 5.91 Å². The predicted molar refractivity (Wildman–Crippen MR) is 92.8 cm³/mol. The first-order valence-corrected chi connectivity index (χ1v) is 7.69. The van der Waals surface area contributed by atoms with Crippen LogP contribution in [0.5, 0.6) is 17.2 Å². The number of carbonyl (C=O) groups excluding carboxylic acids is 1. The number of nitrogens with one attached hydrogen (secondary N) is 1. The summed E-state index contributed by atoms with van der Waals surface area (Å²) in [5.41, 5.74) is 2.74. The van der Waals surface area contributed by atoms with Gasteiger partial charge in [-0.2, -0.15) is 0 Å². The molecule has 0 aliphatic heterocycles. The summed E-state index contributed by atoms with van der Waals surface area (Å²) in [6.07, 6.45) is 0.254. The molecule has 2 rings (SSSR count). The van der Waals surface area contributed by atoms with Crippen LogP contribution in [0, 0.1) is 6.92 Å². The van der Waals surface area contributed by atoms with Crippen molar-refractivity contribution in [3.05, 3.63) is 53.1 Å². The van der Waals surface area contributed by atoms with E-state index in [9.17, 15) is 4.79 Å². The molecule has 0 atom stereocenters. The fraction of sp³-hybridized carbons (Fsp3) is 0.316. The van der Waals surface area contributed by atoms with Crippen LogP contribution in [0.4, 0.5) is 0 Å². The van der Waals surface area contributed by atoms with E-state index in [1.165, 1.54) is 0 Å². The Balaban J connectivity index is 2.00. The lowest BCUT2D eigenvalue weighted by Gasteiger charge is -2.14. The van der Waals surface area contributed by atoms with Gasteiger partial charge in [-0.15, -0.1) is 0 Å². The molecule has 1 amide bonds. The first kappa shape index (κ1) is 17.7. The van der Waals surface area contributed by atoms with Crippen molar-refractivity contribution in [2.75, 3.05) is 21.3 Å². The highest BCUT2D eigenvalue weighted by Gasteiger charge is 2.14. The lowest BCUT2D eigenvalue weighted by molar-refractivity contribution is -0.120. The molecule has 0 bridgehead atoms. The van der Waals surface area contributed by atoms with E-state index >= 15 is 0 Å². The van der Waals surface area contributed by atoms with Gasteiger partial charge in [0.05, 0.1) is 27.8 Å². The van der Waals surface area contributed by atoms with E-state index in [2.05, 4.69) is 5.32 Å². The summed E-state index contributed by atoms with van der Waals surface area (Å²) < 4.78 is 15.8. The summed E-state index contributed by atoms with van der Waals surface area (Å²) in [6.45, 7) is 2.39. The first-order valence-electron chi connectivity index (χ1n) is 7.69. The van der Waals surface area contributed by atoms with Gasteiger partial charge in [-0.05, 0) is 30.7 Å². The van der Waals surface area contributed by atoms with Crippen LogP contribution < -0.4 is 19.5 Å². The van der Waals surface area contributed by atoms with Crippen molar-refractivity contribution in [1.82, 2.24) is 5.32 Å². The van der Waals surface area contributed by atoms with Crippen molar-refractivity contribution in [3.63, 3.8) is 0 Å². The molecule has 0 fully saturated rings. The maximum absolute atomic E-state index is 12.2. The molecule has 0 radical (unpaired) electrons. The maximum Gasteiger partial charge on any atom is 0.224 e. The Hall–Kier alpha value is -2.69. The van der Waals surface area contributed by atoms with E-state index in [0.717, 1.165) is 28.2 Å². The summed E-state index contributed by atoms with van der Waals surface area (Å²) >= 11 is 0. The van der Waals surface area contributed by atoms with E-state index < -0.39 is 0 Å². The zero-order chi connectivity index (χ0) is 17.5. The zero-order valence-corrected chi connectivity index (χ0v) is 14.5. The molecule has 0 unspecified atom stereocenters. The lowest BCUT2D eigenvalue weighted by atomic mass is 10.1. The number of carbonyl (C=O) groups is 1. The standard InChI is InChI=1S/C19H23NO4/c1-13-17(23-3)10-7-15(19(13)24-4)11-18(21)20-12-14-5-8-16(22-2)9-6-14/h5-10H,11-12H2,1-4H3,(H,20,21). The van der Waals surface area contributed by atoms with E-state index in [1.54, 1.807) is 21.3 Å². The van der Waals surface area contributed by atoms with Crippen LogP contribution in [0.15, 0.2) is 36.4 Å². The van der Waals surface area contributed by atoms with Crippen molar-refractivity contribution < 1.29 is 19.0 Å². The third-order valence-electron chi connectivity index (χ3n) is 3.86. The Morgan fingerprint density at radius 1 is 0.958 bits per heavy atom. The monoisotopic (exact) mass is 329 g/mol. The third kappa shape index (κ3) is 4.19. The van der Waals surface area contributed by atoms with Gasteiger partial charge in [0.25, 0.3) is 0 Å². The molecule has 5 heteroatoms. The Morgan fingerprint density at radius 3 is 2.25 bits per heavy atom. The number of benzene rings is 2. The summed E-state index contributed by atoms with van der Waals surface area (Å²) in [6, 6.07) is 11.3. The number of hydrogen-bond acceptors (Lipinski definition) is 4. The minimum Gasteiger partial charge on any atom is -0.497 e. The summed E-state index contributed by atoms with van der Waals surface area (Å²) in [5, 5.41) is 2.92. The van der Waals surface area contributed by atoms with Crippen LogP contribution >= 0.6 is 0 Å². The molecule has 5 nitrogen and oxygen atoms in total. The fourth-order valence-corrected chi connectivity index (χ4v) is 2.55. The molecular formula is C19H23NO4. The van der Waals surface area contributed by atoms with Crippen LogP contribution in [0.25, 0.3) is 0 Å². The quantitative estimate of drug-likeness (QED) is 0.848. The number of hydrogen-bond donors (Lipinski definition) is 1. The molecule has 0 aliphatic rings. The number of ether oxygens (including phenoxy) is 3. The van der Waals surface area contributed by atoms with Gasteiger partial charge < -0.3 is 19.5 Å². The predicted octanol–water partition coefficient (Wildman–Crippen LogP) is 2.88.